The number of rotatable bonds is 5. The summed E-state index contributed by atoms with van der Waals surface area (Å²) in [6.07, 6.45) is -5.69. The number of hydrogen-bond donors (Lipinski definition) is 0. The smallest absolute Gasteiger partial charge is 0.391 e. The van der Waals surface area contributed by atoms with E-state index in [9.17, 15) is 22.0 Å². The lowest BCUT2D eigenvalue weighted by Crippen LogP contribution is -2.04. The Morgan fingerprint density at radius 3 is 2.35 bits per heavy atom. The standard InChI is InChI=1S/C16H12F5NO/c17-15(18)13-3-1-2-12(8-13)9-22-23-10-11-4-6-14(7-5-11)16(19,20)21/h1-9,15H,10H2. The fraction of sp³-hybridized carbons (Fsp3) is 0.188. The molecule has 0 unspecified atom stereocenters. The molecule has 122 valence electrons. The summed E-state index contributed by atoms with van der Waals surface area (Å²) in [4.78, 5) is 4.95. The first-order valence-corrected chi connectivity index (χ1v) is 6.56. The van der Waals surface area contributed by atoms with Crippen molar-refractivity contribution in [2.45, 2.75) is 19.2 Å². The third kappa shape index (κ3) is 5.05. The van der Waals surface area contributed by atoms with E-state index in [-0.39, 0.29) is 12.2 Å². The van der Waals surface area contributed by atoms with E-state index in [1.54, 1.807) is 6.07 Å². The van der Waals surface area contributed by atoms with Crippen LogP contribution in [0.5, 0.6) is 0 Å². The fourth-order valence-electron chi connectivity index (χ4n) is 1.77. The summed E-state index contributed by atoms with van der Waals surface area (Å²) in [6.45, 7) is -0.0246. The third-order valence-corrected chi connectivity index (χ3v) is 2.95. The minimum Gasteiger partial charge on any atom is -0.391 e. The second kappa shape index (κ2) is 7.21. The average molecular weight is 329 g/mol. The molecule has 7 heteroatoms. The van der Waals surface area contributed by atoms with Crippen molar-refractivity contribution in [3.8, 4) is 0 Å². The van der Waals surface area contributed by atoms with Gasteiger partial charge in [-0.1, -0.05) is 35.5 Å². The lowest BCUT2D eigenvalue weighted by molar-refractivity contribution is -0.137. The van der Waals surface area contributed by atoms with Crippen molar-refractivity contribution in [1.29, 1.82) is 0 Å². The summed E-state index contributed by atoms with van der Waals surface area (Å²) in [5.41, 5.74) is 0.0805. The van der Waals surface area contributed by atoms with Crippen molar-refractivity contribution < 1.29 is 26.8 Å². The summed E-state index contributed by atoms with van der Waals surface area (Å²) < 4.78 is 62.2. The topological polar surface area (TPSA) is 21.6 Å². The molecule has 0 bridgehead atoms. The van der Waals surface area contributed by atoms with Crippen LogP contribution >= 0.6 is 0 Å². The lowest BCUT2D eigenvalue weighted by Gasteiger charge is -2.07. The molecule has 0 saturated carbocycles. The van der Waals surface area contributed by atoms with Gasteiger partial charge in [0, 0.05) is 5.56 Å². The molecule has 2 rings (SSSR count). The molecule has 0 amide bonds. The molecule has 0 aliphatic heterocycles. The molecule has 2 nitrogen and oxygen atoms in total. The molecule has 0 fully saturated rings. The van der Waals surface area contributed by atoms with E-state index in [4.69, 9.17) is 4.84 Å². The largest absolute Gasteiger partial charge is 0.416 e. The maximum Gasteiger partial charge on any atom is 0.416 e. The maximum atomic E-state index is 12.5. The minimum absolute atomic E-state index is 0.0246. The molecular formula is C16H12F5NO. The molecule has 0 saturated heterocycles. The maximum absolute atomic E-state index is 12.5. The number of halogens is 5. The fourth-order valence-corrected chi connectivity index (χ4v) is 1.77. The zero-order chi connectivity index (χ0) is 16.9. The van der Waals surface area contributed by atoms with E-state index < -0.39 is 18.2 Å². The Labute approximate surface area is 129 Å². The van der Waals surface area contributed by atoms with Gasteiger partial charge in [0.25, 0.3) is 6.43 Å². The van der Waals surface area contributed by atoms with Gasteiger partial charge in [-0.15, -0.1) is 0 Å². The van der Waals surface area contributed by atoms with Gasteiger partial charge >= 0.3 is 6.18 Å². The quantitative estimate of drug-likeness (QED) is 0.420. The molecule has 0 N–H and O–H groups in total. The van der Waals surface area contributed by atoms with Crippen molar-refractivity contribution in [2.24, 2.45) is 5.16 Å². The van der Waals surface area contributed by atoms with Gasteiger partial charge in [-0.2, -0.15) is 13.2 Å². The van der Waals surface area contributed by atoms with Crippen LogP contribution in [0.25, 0.3) is 0 Å². The third-order valence-electron chi connectivity index (χ3n) is 2.95. The molecule has 0 aliphatic carbocycles. The highest BCUT2D eigenvalue weighted by Crippen LogP contribution is 2.29. The van der Waals surface area contributed by atoms with Crippen LogP contribution in [-0.4, -0.2) is 6.21 Å². The molecule has 0 spiro atoms. The summed E-state index contributed by atoms with van der Waals surface area (Å²) in [6, 6.07) is 10.1. The SMILES string of the molecule is FC(F)c1cccc(C=NOCc2ccc(C(F)(F)F)cc2)c1. The molecule has 0 aliphatic rings. The molecule has 0 radical (unpaired) electrons. The Hall–Kier alpha value is -2.44. The Balaban J connectivity index is 1.90. The highest BCUT2D eigenvalue weighted by molar-refractivity contribution is 5.79. The Kier molecular flexibility index (Phi) is 5.31. The number of alkyl halides is 5. The van der Waals surface area contributed by atoms with E-state index in [1.165, 1.54) is 36.5 Å². The van der Waals surface area contributed by atoms with Crippen molar-refractivity contribution in [3.05, 3.63) is 70.8 Å². The van der Waals surface area contributed by atoms with Gasteiger partial charge in [0.15, 0.2) is 0 Å². The minimum atomic E-state index is -4.38. The van der Waals surface area contributed by atoms with Crippen LogP contribution in [0.15, 0.2) is 53.7 Å². The van der Waals surface area contributed by atoms with Crippen molar-refractivity contribution in [1.82, 2.24) is 0 Å². The van der Waals surface area contributed by atoms with Crippen molar-refractivity contribution in [3.63, 3.8) is 0 Å². The lowest BCUT2D eigenvalue weighted by atomic mass is 10.1. The van der Waals surface area contributed by atoms with Gasteiger partial charge in [0.1, 0.15) is 6.61 Å². The molecule has 2 aromatic carbocycles. The second-order valence-corrected chi connectivity index (χ2v) is 4.67. The molecule has 2 aromatic rings. The number of oxime groups is 1. The molecule has 0 heterocycles. The van der Waals surface area contributed by atoms with Gasteiger partial charge in [-0.3, -0.25) is 0 Å². The monoisotopic (exact) mass is 329 g/mol. The van der Waals surface area contributed by atoms with Crippen molar-refractivity contribution in [2.75, 3.05) is 0 Å². The number of benzene rings is 2. The Bertz CT molecular complexity index is 665. The van der Waals surface area contributed by atoms with E-state index in [0.29, 0.717) is 11.1 Å². The highest BCUT2D eigenvalue weighted by atomic mass is 19.4. The number of hydrogen-bond acceptors (Lipinski definition) is 2. The van der Waals surface area contributed by atoms with Crippen LogP contribution in [0.3, 0.4) is 0 Å². The first-order valence-electron chi connectivity index (χ1n) is 6.56. The summed E-state index contributed by atoms with van der Waals surface area (Å²) in [5, 5.41) is 3.62. The molecule has 0 atom stereocenters. The summed E-state index contributed by atoms with van der Waals surface area (Å²) in [7, 11) is 0. The van der Waals surface area contributed by atoms with E-state index in [2.05, 4.69) is 5.16 Å². The predicted molar refractivity (Wildman–Crippen MR) is 75.2 cm³/mol. The second-order valence-electron chi connectivity index (χ2n) is 4.67. The van der Waals surface area contributed by atoms with Crippen molar-refractivity contribution >= 4 is 6.21 Å². The van der Waals surface area contributed by atoms with Gasteiger partial charge in [0.2, 0.25) is 0 Å². The predicted octanol–water partition coefficient (Wildman–Crippen LogP) is 5.19. The first kappa shape index (κ1) is 16.9. The van der Waals surface area contributed by atoms with Gasteiger partial charge < -0.3 is 4.84 Å². The molecular weight excluding hydrogens is 317 g/mol. The molecule has 23 heavy (non-hydrogen) atoms. The highest BCUT2D eigenvalue weighted by Gasteiger charge is 2.29. The Morgan fingerprint density at radius 1 is 1.04 bits per heavy atom. The first-order chi connectivity index (χ1) is 10.9. The summed E-state index contributed by atoms with van der Waals surface area (Å²) >= 11 is 0. The average Bonchev–Trinajstić information content (AvgIpc) is 2.51. The van der Waals surface area contributed by atoms with E-state index in [0.717, 1.165) is 12.1 Å². The van der Waals surface area contributed by atoms with Gasteiger partial charge in [-0.05, 0) is 29.3 Å². The zero-order valence-corrected chi connectivity index (χ0v) is 11.7. The number of nitrogens with zero attached hydrogens (tertiary/aromatic N) is 1. The van der Waals surface area contributed by atoms with Gasteiger partial charge in [0.05, 0.1) is 11.8 Å². The van der Waals surface area contributed by atoms with Crippen LogP contribution in [0, 0.1) is 0 Å². The van der Waals surface area contributed by atoms with Gasteiger partial charge in [-0.25, -0.2) is 8.78 Å². The van der Waals surface area contributed by atoms with Crippen LogP contribution in [0.1, 0.15) is 28.7 Å². The van der Waals surface area contributed by atoms with E-state index >= 15 is 0 Å². The van der Waals surface area contributed by atoms with E-state index in [1.807, 2.05) is 0 Å². The zero-order valence-electron chi connectivity index (χ0n) is 11.7. The van der Waals surface area contributed by atoms with Crippen LogP contribution in [0.2, 0.25) is 0 Å². The van der Waals surface area contributed by atoms with Crippen LogP contribution in [0.4, 0.5) is 22.0 Å². The van der Waals surface area contributed by atoms with Crippen LogP contribution in [-0.2, 0) is 17.6 Å². The summed E-state index contributed by atoms with van der Waals surface area (Å²) in [5.74, 6) is 0. The molecule has 0 aromatic heterocycles. The Morgan fingerprint density at radius 2 is 1.74 bits per heavy atom. The normalized spacial score (nSPS) is 12.1. The van der Waals surface area contributed by atoms with Crippen LogP contribution < -0.4 is 0 Å².